The molecule has 5 rings (SSSR count). The van der Waals surface area contributed by atoms with Crippen LogP contribution in [-0.4, -0.2) is 32.9 Å². The molecule has 0 unspecified atom stereocenters. The van der Waals surface area contributed by atoms with Crippen molar-refractivity contribution in [3.8, 4) is 5.75 Å². The van der Waals surface area contributed by atoms with Gasteiger partial charge in [0.15, 0.2) is 18.1 Å². The smallest absolute Gasteiger partial charge is 0.192 e. The van der Waals surface area contributed by atoms with Crippen LogP contribution in [0.5, 0.6) is 5.75 Å². The number of oxime groups is 1. The normalized spacial score (nSPS) is 13.7. The third-order valence-corrected chi connectivity index (χ3v) is 5.87. The topological polar surface area (TPSA) is 73.9 Å². The maximum Gasteiger partial charge on any atom is 0.192 e. The summed E-state index contributed by atoms with van der Waals surface area (Å²) in [5.74, 6) is 1.40. The largest absolute Gasteiger partial charge is 0.497 e. The lowest BCUT2D eigenvalue weighted by Gasteiger charge is -1.98. The Morgan fingerprint density at radius 3 is 3.00 bits per heavy atom. The van der Waals surface area contributed by atoms with Crippen LogP contribution in [0.25, 0.3) is 15.9 Å². The summed E-state index contributed by atoms with van der Waals surface area (Å²) in [6.45, 7) is 0.210. The fourth-order valence-corrected chi connectivity index (χ4v) is 4.60. The lowest BCUT2D eigenvalue weighted by atomic mass is 10.2. The molecule has 1 aromatic carbocycles. The van der Waals surface area contributed by atoms with Crippen molar-refractivity contribution in [2.24, 2.45) is 5.16 Å². The molecule has 7 nitrogen and oxygen atoms in total. The first-order valence-electron chi connectivity index (χ1n) is 8.76. The van der Waals surface area contributed by atoms with Crippen LogP contribution < -0.4 is 4.74 Å². The molecule has 0 aliphatic heterocycles. The quantitative estimate of drug-likeness (QED) is 0.393. The minimum Gasteiger partial charge on any atom is -0.497 e. The van der Waals surface area contributed by atoms with Gasteiger partial charge in [-0.05, 0) is 54.7 Å². The highest BCUT2D eigenvalue weighted by molar-refractivity contribution is 7.19. The van der Waals surface area contributed by atoms with Gasteiger partial charge in [-0.3, -0.25) is 0 Å². The number of ether oxygens (including phenoxy) is 1. The van der Waals surface area contributed by atoms with E-state index >= 15 is 0 Å². The third kappa shape index (κ3) is 2.91. The molecular weight excluding hydrogens is 362 g/mol. The summed E-state index contributed by atoms with van der Waals surface area (Å²) in [4.78, 5) is 17.1. The molecule has 0 N–H and O–H groups in total. The number of fused-ring (bicyclic) bond motifs is 5. The van der Waals surface area contributed by atoms with Gasteiger partial charge in [0, 0.05) is 4.88 Å². The lowest BCUT2D eigenvalue weighted by molar-refractivity contribution is 0.126. The maximum absolute atomic E-state index is 5.38. The molecule has 0 radical (unpaired) electrons. The van der Waals surface area contributed by atoms with Crippen molar-refractivity contribution in [2.75, 3.05) is 7.11 Å². The first kappa shape index (κ1) is 16.2. The van der Waals surface area contributed by atoms with E-state index in [-0.39, 0.29) is 6.61 Å². The zero-order chi connectivity index (χ0) is 18.2. The minimum absolute atomic E-state index is 0.210. The monoisotopic (exact) mass is 379 g/mol. The minimum atomic E-state index is 0.210. The zero-order valence-corrected chi connectivity index (χ0v) is 15.6. The Balaban J connectivity index is 1.34. The second-order valence-electron chi connectivity index (χ2n) is 6.36. The van der Waals surface area contributed by atoms with Gasteiger partial charge in [0.25, 0.3) is 0 Å². The van der Waals surface area contributed by atoms with Crippen LogP contribution in [-0.2, 0) is 24.3 Å². The molecule has 27 heavy (non-hydrogen) atoms. The van der Waals surface area contributed by atoms with Crippen LogP contribution >= 0.6 is 11.3 Å². The Morgan fingerprint density at radius 1 is 1.26 bits per heavy atom. The Kier molecular flexibility index (Phi) is 3.97. The van der Waals surface area contributed by atoms with Crippen LogP contribution in [0.1, 0.15) is 28.2 Å². The SMILES string of the molecule is COc1ccc(/C=N/OCc2nc3c4c5c(sc4ncn3n2)CCC5)cc1. The van der Waals surface area contributed by atoms with Crippen molar-refractivity contribution in [1.82, 2.24) is 19.6 Å². The lowest BCUT2D eigenvalue weighted by Crippen LogP contribution is -1.93. The van der Waals surface area contributed by atoms with Gasteiger partial charge in [-0.1, -0.05) is 5.16 Å². The molecule has 0 saturated heterocycles. The van der Waals surface area contributed by atoms with Gasteiger partial charge in [-0.25, -0.2) is 14.5 Å². The van der Waals surface area contributed by atoms with Crippen LogP contribution in [0.3, 0.4) is 0 Å². The number of hydrogen-bond donors (Lipinski definition) is 0. The molecule has 0 bridgehead atoms. The summed E-state index contributed by atoms with van der Waals surface area (Å²) in [6.07, 6.45) is 6.83. The average Bonchev–Trinajstić information content (AvgIpc) is 3.38. The zero-order valence-electron chi connectivity index (χ0n) is 14.8. The first-order chi connectivity index (χ1) is 13.3. The van der Waals surface area contributed by atoms with E-state index in [9.17, 15) is 0 Å². The van der Waals surface area contributed by atoms with Crippen molar-refractivity contribution in [3.05, 3.63) is 52.4 Å². The van der Waals surface area contributed by atoms with Crippen LogP contribution in [0, 0.1) is 0 Å². The first-order valence-corrected chi connectivity index (χ1v) is 9.57. The summed E-state index contributed by atoms with van der Waals surface area (Å²) in [7, 11) is 1.64. The molecule has 0 saturated carbocycles. The van der Waals surface area contributed by atoms with Gasteiger partial charge in [0.05, 0.1) is 18.7 Å². The fourth-order valence-electron chi connectivity index (χ4n) is 3.38. The van der Waals surface area contributed by atoms with Crippen LogP contribution in [0.15, 0.2) is 35.7 Å². The molecule has 3 heterocycles. The molecule has 4 aromatic rings. The summed E-state index contributed by atoms with van der Waals surface area (Å²) in [6, 6.07) is 7.58. The number of benzene rings is 1. The van der Waals surface area contributed by atoms with Crippen molar-refractivity contribution < 1.29 is 9.57 Å². The molecule has 0 fully saturated rings. The molecule has 8 heteroatoms. The summed E-state index contributed by atoms with van der Waals surface area (Å²) < 4.78 is 6.87. The predicted octanol–water partition coefficient (Wildman–Crippen LogP) is 3.39. The van der Waals surface area contributed by atoms with Crippen LogP contribution in [0.4, 0.5) is 0 Å². The van der Waals surface area contributed by atoms with Gasteiger partial charge in [-0.2, -0.15) is 0 Å². The Morgan fingerprint density at radius 2 is 2.15 bits per heavy atom. The van der Waals surface area contributed by atoms with Gasteiger partial charge < -0.3 is 9.57 Å². The van der Waals surface area contributed by atoms with E-state index in [0.29, 0.717) is 5.82 Å². The molecule has 3 aromatic heterocycles. The maximum atomic E-state index is 5.38. The van der Waals surface area contributed by atoms with E-state index < -0.39 is 0 Å². The average molecular weight is 379 g/mol. The Hall–Kier alpha value is -3.00. The molecule has 0 spiro atoms. The third-order valence-electron chi connectivity index (χ3n) is 4.67. The highest BCUT2D eigenvalue weighted by Crippen LogP contribution is 2.37. The number of rotatable bonds is 5. The molecule has 0 amide bonds. The second-order valence-corrected chi connectivity index (χ2v) is 7.44. The number of nitrogens with zero attached hydrogens (tertiary/aromatic N) is 5. The highest BCUT2D eigenvalue weighted by Gasteiger charge is 2.21. The van der Waals surface area contributed by atoms with E-state index in [2.05, 4.69) is 20.2 Å². The number of thiophene rings is 1. The molecule has 1 aliphatic rings. The van der Waals surface area contributed by atoms with Gasteiger partial charge in [0.2, 0.25) is 0 Å². The fraction of sp³-hybridized carbons (Fsp3) is 0.263. The number of aromatic nitrogens is 4. The number of aryl methyl sites for hydroxylation is 2. The molecule has 0 atom stereocenters. The number of hydrogen-bond acceptors (Lipinski definition) is 7. The van der Waals surface area contributed by atoms with Crippen LogP contribution in [0.2, 0.25) is 0 Å². The van der Waals surface area contributed by atoms with Crippen molar-refractivity contribution in [3.63, 3.8) is 0 Å². The highest BCUT2D eigenvalue weighted by atomic mass is 32.1. The summed E-state index contributed by atoms with van der Waals surface area (Å²) in [5, 5.41) is 9.62. The summed E-state index contributed by atoms with van der Waals surface area (Å²) >= 11 is 1.78. The predicted molar refractivity (Wildman–Crippen MR) is 104 cm³/mol. The Bertz CT molecular complexity index is 1150. The molecule has 136 valence electrons. The van der Waals surface area contributed by atoms with Gasteiger partial charge >= 0.3 is 0 Å². The van der Waals surface area contributed by atoms with E-state index in [1.165, 1.54) is 16.9 Å². The van der Waals surface area contributed by atoms with E-state index in [0.717, 1.165) is 40.0 Å². The van der Waals surface area contributed by atoms with Gasteiger partial charge in [0.1, 0.15) is 16.9 Å². The van der Waals surface area contributed by atoms with Gasteiger partial charge in [-0.15, -0.1) is 16.4 Å². The number of methoxy groups -OCH3 is 1. The second kappa shape index (κ2) is 6.62. The van der Waals surface area contributed by atoms with Crippen molar-refractivity contribution >= 4 is 33.4 Å². The molecule has 1 aliphatic carbocycles. The van der Waals surface area contributed by atoms with E-state index in [4.69, 9.17) is 9.57 Å². The summed E-state index contributed by atoms with van der Waals surface area (Å²) in [5.41, 5.74) is 3.18. The van der Waals surface area contributed by atoms with Crippen molar-refractivity contribution in [1.29, 1.82) is 0 Å². The van der Waals surface area contributed by atoms with E-state index in [1.54, 1.807) is 35.5 Å². The molecular formula is C19H17N5O2S. The van der Waals surface area contributed by atoms with E-state index in [1.807, 2.05) is 24.3 Å². The Labute approximate surface area is 159 Å². The van der Waals surface area contributed by atoms with Crippen molar-refractivity contribution in [2.45, 2.75) is 25.9 Å². The standard InChI is InChI=1S/C19H17N5O2S/c1-25-13-7-5-12(6-8-13)9-21-26-10-16-22-18-17-14-3-2-4-15(14)27-19(17)20-11-24(18)23-16/h5-9,11H,2-4,10H2,1H3/b21-9+.